The molecule has 7 aromatic carbocycles. The topological polar surface area (TPSA) is 17.3 Å². The fourth-order valence-corrected chi connectivity index (χ4v) is 8.57. The van der Waals surface area contributed by atoms with Crippen molar-refractivity contribution in [2.24, 2.45) is 4.99 Å². The Hall–Kier alpha value is -6.03. The van der Waals surface area contributed by atoms with Gasteiger partial charge in [0.1, 0.15) is 0 Å². The van der Waals surface area contributed by atoms with Crippen molar-refractivity contribution in [3.05, 3.63) is 193 Å². The van der Waals surface area contributed by atoms with Crippen LogP contribution in [0, 0.1) is 0 Å². The number of nitrogens with zero attached hydrogens (tertiary/aromatic N) is 2. The smallest absolute Gasteiger partial charge is 0.0671 e. The number of aromatic nitrogens is 1. The largest absolute Gasteiger partial charge is 0.309 e. The first kappa shape index (κ1) is 31.0. The zero-order chi connectivity index (χ0) is 34.3. The molecule has 2 heterocycles. The summed E-state index contributed by atoms with van der Waals surface area (Å²) in [5, 5.41) is 5.06. The highest BCUT2D eigenvalue weighted by atomic mass is 32.1. The van der Waals surface area contributed by atoms with Gasteiger partial charge in [0.25, 0.3) is 0 Å². The molecule has 0 N–H and O–H groups in total. The summed E-state index contributed by atoms with van der Waals surface area (Å²) in [6.45, 7) is 4.40. The third kappa shape index (κ3) is 5.66. The van der Waals surface area contributed by atoms with Gasteiger partial charge in [0, 0.05) is 53.8 Å². The summed E-state index contributed by atoms with van der Waals surface area (Å²) in [6, 6.07) is 61.1. The first-order chi connectivity index (χ1) is 25.1. The number of hydrogen-bond donors (Lipinski definition) is 0. The summed E-state index contributed by atoms with van der Waals surface area (Å²) >= 11 is 1.85. The molecular weight excluding hydrogens is 637 g/mol. The van der Waals surface area contributed by atoms with Crippen LogP contribution in [0.3, 0.4) is 0 Å². The summed E-state index contributed by atoms with van der Waals surface area (Å²) < 4.78 is 4.93. The minimum atomic E-state index is 0.220. The van der Waals surface area contributed by atoms with Crippen LogP contribution in [0.25, 0.3) is 64.5 Å². The van der Waals surface area contributed by atoms with Gasteiger partial charge in [-0.25, -0.2) is 0 Å². The van der Waals surface area contributed by atoms with Gasteiger partial charge in [-0.3, -0.25) is 4.99 Å². The lowest BCUT2D eigenvalue weighted by molar-refractivity contribution is 0.967. The van der Waals surface area contributed by atoms with Crippen molar-refractivity contribution in [1.82, 2.24) is 4.57 Å². The van der Waals surface area contributed by atoms with E-state index in [-0.39, 0.29) is 5.92 Å². The lowest BCUT2D eigenvalue weighted by Crippen LogP contribution is -1.98. The Morgan fingerprint density at radius 2 is 1.24 bits per heavy atom. The fourth-order valence-electron chi connectivity index (χ4n) is 7.45. The lowest BCUT2D eigenvalue weighted by atomic mass is 9.97. The second kappa shape index (κ2) is 13.0. The van der Waals surface area contributed by atoms with Gasteiger partial charge in [0.05, 0.1) is 16.7 Å². The molecule has 0 bridgehead atoms. The van der Waals surface area contributed by atoms with Crippen LogP contribution in [0.2, 0.25) is 0 Å². The van der Waals surface area contributed by atoms with Crippen LogP contribution in [-0.2, 0) is 0 Å². The third-order valence-corrected chi connectivity index (χ3v) is 11.1. The molecule has 9 aromatic rings. The van der Waals surface area contributed by atoms with Crippen molar-refractivity contribution >= 4 is 64.7 Å². The molecule has 0 aliphatic rings. The highest BCUT2D eigenvalue weighted by molar-refractivity contribution is 7.25. The van der Waals surface area contributed by atoms with Gasteiger partial charge in [-0.2, -0.15) is 0 Å². The van der Waals surface area contributed by atoms with Crippen LogP contribution in [0.15, 0.2) is 181 Å². The molecule has 2 aromatic heterocycles. The zero-order valence-corrected chi connectivity index (χ0v) is 29.4. The van der Waals surface area contributed by atoms with Gasteiger partial charge < -0.3 is 4.57 Å². The molecule has 0 radical (unpaired) electrons. The quantitative estimate of drug-likeness (QED) is 0.150. The molecule has 0 amide bonds. The van der Waals surface area contributed by atoms with E-state index in [2.05, 4.69) is 194 Å². The van der Waals surface area contributed by atoms with E-state index >= 15 is 0 Å². The molecule has 244 valence electrons. The summed E-state index contributed by atoms with van der Waals surface area (Å²) in [7, 11) is 0. The van der Waals surface area contributed by atoms with Crippen molar-refractivity contribution in [3.8, 4) is 16.8 Å². The highest BCUT2D eigenvalue weighted by Gasteiger charge is 2.16. The minimum Gasteiger partial charge on any atom is -0.309 e. The molecule has 0 aliphatic carbocycles. The standard InChI is InChI=1S/C48H36N2S/c1-32(34-15-6-3-7-16-34)29-43(35-17-8-4-9-18-35)49-33(2)39-22-14-24-47-48(39)42-31-37(26-28-46(42)51-47)36-25-27-45-41(30-36)40-21-12-13-23-44(40)50(45)38-19-10-5-11-20-38/h3-32H,1-2H3/b43-29-,49-33+. The maximum Gasteiger partial charge on any atom is 0.0671 e. The second-order valence-corrected chi connectivity index (χ2v) is 14.3. The first-order valence-electron chi connectivity index (χ1n) is 17.5. The van der Waals surface area contributed by atoms with E-state index in [1.54, 1.807) is 0 Å². The number of fused-ring (bicyclic) bond motifs is 6. The molecule has 0 saturated heterocycles. The Morgan fingerprint density at radius 1 is 0.588 bits per heavy atom. The summed E-state index contributed by atoms with van der Waals surface area (Å²) in [5.74, 6) is 0.220. The number of rotatable bonds is 7. The van der Waals surface area contributed by atoms with Crippen LogP contribution in [0.1, 0.15) is 36.5 Å². The number of allylic oxidation sites excluding steroid dienone is 1. The second-order valence-electron chi connectivity index (χ2n) is 13.2. The monoisotopic (exact) mass is 672 g/mol. The van der Waals surface area contributed by atoms with Gasteiger partial charge in [-0.15, -0.1) is 11.3 Å². The van der Waals surface area contributed by atoms with E-state index in [0.717, 1.165) is 17.0 Å². The Balaban J connectivity index is 1.17. The predicted molar refractivity (Wildman–Crippen MR) is 221 cm³/mol. The molecule has 0 fully saturated rings. The van der Waals surface area contributed by atoms with Gasteiger partial charge in [-0.05, 0) is 77.7 Å². The van der Waals surface area contributed by atoms with E-state index in [0.29, 0.717) is 0 Å². The van der Waals surface area contributed by atoms with Crippen LogP contribution in [-0.4, -0.2) is 10.3 Å². The molecule has 9 rings (SSSR count). The van der Waals surface area contributed by atoms with E-state index in [9.17, 15) is 0 Å². The average Bonchev–Trinajstić information content (AvgIpc) is 3.73. The van der Waals surface area contributed by atoms with Crippen LogP contribution in [0.5, 0.6) is 0 Å². The van der Waals surface area contributed by atoms with E-state index in [1.165, 1.54) is 69.9 Å². The first-order valence-corrected chi connectivity index (χ1v) is 18.4. The van der Waals surface area contributed by atoms with Crippen molar-refractivity contribution in [1.29, 1.82) is 0 Å². The van der Waals surface area contributed by atoms with Gasteiger partial charge in [0.15, 0.2) is 0 Å². The van der Waals surface area contributed by atoms with E-state index in [4.69, 9.17) is 4.99 Å². The van der Waals surface area contributed by atoms with Crippen molar-refractivity contribution < 1.29 is 0 Å². The van der Waals surface area contributed by atoms with Crippen molar-refractivity contribution in [2.45, 2.75) is 19.8 Å². The normalized spacial score (nSPS) is 13.1. The molecule has 3 heteroatoms. The molecule has 0 spiro atoms. The third-order valence-electron chi connectivity index (χ3n) is 10.00. The molecule has 0 saturated carbocycles. The number of hydrogen-bond acceptors (Lipinski definition) is 2. The van der Waals surface area contributed by atoms with Crippen molar-refractivity contribution in [2.75, 3.05) is 0 Å². The van der Waals surface area contributed by atoms with Gasteiger partial charge >= 0.3 is 0 Å². The summed E-state index contributed by atoms with van der Waals surface area (Å²) in [5.41, 5.74) is 11.6. The van der Waals surface area contributed by atoms with E-state index in [1.807, 2.05) is 11.3 Å². The SMILES string of the molecule is C/C(=N\C(=C/C(C)c1ccccc1)c1ccccc1)c1cccc2sc3ccc(-c4ccc5c(c4)c4ccccc4n5-c4ccccc4)cc3c12. The minimum absolute atomic E-state index is 0.220. The molecular formula is C48H36N2S. The Kier molecular flexibility index (Phi) is 7.91. The number of aliphatic imine (C=N–C) groups is 1. The maximum atomic E-state index is 5.37. The average molecular weight is 673 g/mol. The zero-order valence-electron chi connectivity index (χ0n) is 28.6. The molecule has 1 atom stereocenters. The van der Waals surface area contributed by atoms with E-state index < -0.39 is 0 Å². The van der Waals surface area contributed by atoms with Crippen molar-refractivity contribution in [3.63, 3.8) is 0 Å². The highest BCUT2D eigenvalue weighted by Crippen LogP contribution is 2.40. The summed E-state index contributed by atoms with van der Waals surface area (Å²) in [4.78, 5) is 5.37. The number of para-hydroxylation sites is 2. The Labute approximate surface area is 302 Å². The van der Waals surface area contributed by atoms with Crippen LogP contribution < -0.4 is 0 Å². The lowest BCUT2D eigenvalue weighted by Gasteiger charge is -2.12. The van der Waals surface area contributed by atoms with Gasteiger partial charge in [0.2, 0.25) is 0 Å². The number of thiophene rings is 1. The molecule has 51 heavy (non-hydrogen) atoms. The maximum absolute atomic E-state index is 5.37. The predicted octanol–water partition coefficient (Wildman–Crippen LogP) is 13.5. The Bertz CT molecular complexity index is 2750. The molecule has 2 nitrogen and oxygen atoms in total. The van der Waals surface area contributed by atoms with Crippen LogP contribution >= 0.6 is 11.3 Å². The fraction of sp³-hybridized carbons (Fsp3) is 0.0625. The molecule has 0 aliphatic heterocycles. The Morgan fingerprint density at radius 3 is 2.02 bits per heavy atom. The number of benzene rings is 7. The van der Waals surface area contributed by atoms with Crippen LogP contribution in [0.4, 0.5) is 0 Å². The van der Waals surface area contributed by atoms with Gasteiger partial charge in [-0.1, -0.05) is 134 Å². The summed E-state index contributed by atoms with van der Waals surface area (Å²) in [6.07, 6.45) is 2.29. The molecule has 1 unspecified atom stereocenters.